The second-order valence-electron chi connectivity index (χ2n) is 4.97. The first-order valence-electron chi connectivity index (χ1n) is 6.87. The molecule has 0 aromatic rings. The van der Waals surface area contributed by atoms with E-state index in [1.54, 1.807) is 6.92 Å². The first kappa shape index (κ1) is 16.4. The number of carbonyl (C=O) groups excluding carboxylic acids is 1. The molecular formula is C14H28O3. The third kappa shape index (κ3) is 7.37. The van der Waals surface area contributed by atoms with Crippen LogP contribution >= 0.6 is 0 Å². The normalized spacial score (nSPS) is 16.3. The van der Waals surface area contributed by atoms with Crippen molar-refractivity contribution in [3.8, 4) is 0 Å². The standard InChI is InChI=1S/C14H28O3/c1-5-7-10-17-14(16)12(4)13(15)9-8-11(3)6-2/h11-13,15H,5-10H2,1-4H3/t11-,12+,13-/m0/s1. The number of hydrogen-bond donors (Lipinski definition) is 1. The minimum absolute atomic E-state index is 0.268. The zero-order chi connectivity index (χ0) is 13.3. The van der Waals surface area contributed by atoms with Gasteiger partial charge < -0.3 is 9.84 Å². The lowest BCUT2D eigenvalue weighted by molar-refractivity contribution is -0.152. The SMILES string of the molecule is CCCCOC(=O)[C@H](C)[C@@H](O)CC[C@@H](C)CC. The molecule has 0 saturated carbocycles. The van der Waals surface area contributed by atoms with E-state index in [1.165, 1.54) is 0 Å². The number of carbonyl (C=O) groups is 1. The van der Waals surface area contributed by atoms with Gasteiger partial charge in [-0.25, -0.2) is 0 Å². The second kappa shape index (κ2) is 9.46. The van der Waals surface area contributed by atoms with E-state index in [9.17, 15) is 9.90 Å². The number of unbranched alkanes of at least 4 members (excludes halogenated alkanes) is 1. The Morgan fingerprint density at radius 3 is 2.41 bits per heavy atom. The zero-order valence-electron chi connectivity index (χ0n) is 11.7. The molecule has 0 spiro atoms. The topological polar surface area (TPSA) is 46.5 Å². The minimum atomic E-state index is -0.571. The number of esters is 1. The summed E-state index contributed by atoms with van der Waals surface area (Å²) in [7, 11) is 0. The maximum atomic E-state index is 11.6. The van der Waals surface area contributed by atoms with Crippen LogP contribution in [-0.2, 0) is 9.53 Å². The highest BCUT2D eigenvalue weighted by molar-refractivity contribution is 5.72. The van der Waals surface area contributed by atoms with Crippen molar-refractivity contribution in [3.05, 3.63) is 0 Å². The lowest BCUT2D eigenvalue weighted by Gasteiger charge is -2.19. The van der Waals surface area contributed by atoms with Crippen LogP contribution in [-0.4, -0.2) is 23.8 Å². The average Bonchev–Trinajstić information content (AvgIpc) is 2.34. The molecule has 102 valence electrons. The first-order chi connectivity index (χ1) is 8.02. The van der Waals surface area contributed by atoms with Gasteiger partial charge in [0.25, 0.3) is 0 Å². The van der Waals surface area contributed by atoms with Crippen molar-refractivity contribution in [1.82, 2.24) is 0 Å². The number of aliphatic hydroxyl groups is 1. The molecule has 0 amide bonds. The van der Waals surface area contributed by atoms with Gasteiger partial charge >= 0.3 is 5.97 Å². The second-order valence-corrected chi connectivity index (χ2v) is 4.97. The Morgan fingerprint density at radius 1 is 1.24 bits per heavy atom. The Kier molecular flexibility index (Phi) is 9.14. The van der Waals surface area contributed by atoms with Crippen molar-refractivity contribution in [1.29, 1.82) is 0 Å². The first-order valence-corrected chi connectivity index (χ1v) is 6.87. The van der Waals surface area contributed by atoms with E-state index in [2.05, 4.69) is 20.8 Å². The van der Waals surface area contributed by atoms with Gasteiger partial charge in [0.1, 0.15) is 0 Å². The largest absolute Gasteiger partial charge is 0.465 e. The van der Waals surface area contributed by atoms with E-state index in [-0.39, 0.29) is 5.97 Å². The predicted octanol–water partition coefficient (Wildman–Crippen LogP) is 3.15. The summed E-state index contributed by atoms with van der Waals surface area (Å²) in [4.78, 5) is 11.6. The summed E-state index contributed by atoms with van der Waals surface area (Å²) in [5, 5.41) is 9.89. The van der Waals surface area contributed by atoms with Crippen molar-refractivity contribution in [2.75, 3.05) is 6.61 Å². The van der Waals surface area contributed by atoms with Gasteiger partial charge in [-0.1, -0.05) is 33.6 Å². The van der Waals surface area contributed by atoms with Gasteiger partial charge in [0, 0.05) is 0 Å². The minimum Gasteiger partial charge on any atom is -0.465 e. The van der Waals surface area contributed by atoms with E-state index in [1.807, 2.05) is 0 Å². The van der Waals surface area contributed by atoms with Gasteiger partial charge in [-0.3, -0.25) is 4.79 Å². The van der Waals surface area contributed by atoms with Crippen molar-refractivity contribution in [3.63, 3.8) is 0 Å². The van der Waals surface area contributed by atoms with Crippen LogP contribution in [0.5, 0.6) is 0 Å². The summed E-state index contributed by atoms with van der Waals surface area (Å²) in [5.41, 5.74) is 0. The fraction of sp³-hybridized carbons (Fsp3) is 0.929. The van der Waals surface area contributed by atoms with E-state index < -0.39 is 12.0 Å². The molecule has 0 aliphatic rings. The molecule has 0 saturated heterocycles. The molecule has 0 aromatic carbocycles. The molecule has 3 nitrogen and oxygen atoms in total. The monoisotopic (exact) mass is 244 g/mol. The molecule has 0 heterocycles. The third-order valence-electron chi connectivity index (χ3n) is 3.34. The van der Waals surface area contributed by atoms with Crippen LogP contribution in [0.1, 0.15) is 59.8 Å². The van der Waals surface area contributed by atoms with Gasteiger partial charge in [0.05, 0.1) is 18.6 Å². The molecule has 3 atom stereocenters. The molecule has 3 heteroatoms. The number of hydrogen-bond acceptors (Lipinski definition) is 3. The molecule has 0 aromatic heterocycles. The molecule has 0 bridgehead atoms. The molecule has 17 heavy (non-hydrogen) atoms. The third-order valence-corrected chi connectivity index (χ3v) is 3.34. The molecule has 0 aliphatic heterocycles. The fourth-order valence-corrected chi connectivity index (χ4v) is 1.52. The Hall–Kier alpha value is -0.570. The van der Waals surface area contributed by atoms with Crippen LogP contribution in [0, 0.1) is 11.8 Å². The van der Waals surface area contributed by atoms with Crippen molar-refractivity contribution in [2.24, 2.45) is 11.8 Å². The Labute approximate surface area is 106 Å². The summed E-state index contributed by atoms with van der Waals surface area (Å²) >= 11 is 0. The predicted molar refractivity (Wildman–Crippen MR) is 69.7 cm³/mol. The summed E-state index contributed by atoms with van der Waals surface area (Å²) in [5.74, 6) is -0.0704. The van der Waals surface area contributed by atoms with Crippen molar-refractivity contribution >= 4 is 5.97 Å². The van der Waals surface area contributed by atoms with Gasteiger partial charge in [-0.05, 0) is 32.1 Å². The summed E-state index contributed by atoms with van der Waals surface area (Å²) in [6.45, 7) is 8.57. The smallest absolute Gasteiger partial charge is 0.311 e. The van der Waals surface area contributed by atoms with Crippen LogP contribution in [0.4, 0.5) is 0 Å². The Morgan fingerprint density at radius 2 is 1.88 bits per heavy atom. The van der Waals surface area contributed by atoms with E-state index in [0.29, 0.717) is 18.9 Å². The molecule has 0 rings (SSSR count). The number of ether oxygens (including phenoxy) is 1. The summed E-state index contributed by atoms with van der Waals surface area (Å²) in [6, 6.07) is 0. The van der Waals surface area contributed by atoms with Crippen LogP contribution in [0.3, 0.4) is 0 Å². The van der Waals surface area contributed by atoms with Crippen molar-refractivity contribution in [2.45, 2.75) is 65.9 Å². The molecular weight excluding hydrogens is 216 g/mol. The number of aliphatic hydroxyl groups excluding tert-OH is 1. The molecule has 1 N–H and O–H groups in total. The summed E-state index contributed by atoms with van der Waals surface area (Å²) < 4.78 is 5.10. The lowest BCUT2D eigenvalue weighted by atomic mass is 9.95. The van der Waals surface area contributed by atoms with E-state index >= 15 is 0 Å². The molecule has 0 radical (unpaired) electrons. The highest BCUT2D eigenvalue weighted by atomic mass is 16.5. The Bertz CT molecular complexity index is 204. The highest BCUT2D eigenvalue weighted by Gasteiger charge is 2.23. The van der Waals surface area contributed by atoms with Crippen LogP contribution in [0.15, 0.2) is 0 Å². The van der Waals surface area contributed by atoms with Gasteiger partial charge in [0.2, 0.25) is 0 Å². The van der Waals surface area contributed by atoms with Crippen molar-refractivity contribution < 1.29 is 14.6 Å². The maximum Gasteiger partial charge on any atom is 0.311 e. The molecule has 0 aliphatic carbocycles. The number of rotatable bonds is 9. The van der Waals surface area contributed by atoms with E-state index in [4.69, 9.17) is 4.74 Å². The lowest BCUT2D eigenvalue weighted by Crippen LogP contribution is -2.28. The van der Waals surface area contributed by atoms with Crippen LogP contribution < -0.4 is 0 Å². The molecule has 0 unspecified atom stereocenters. The van der Waals surface area contributed by atoms with Crippen LogP contribution in [0.2, 0.25) is 0 Å². The Balaban J connectivity index is 3.85. The molecule has 0 fully saturated rings. The highest BCUT2D eigenvalue weighted by Crippen LogP contribution is 2.16. The van der Waals surface area contributed by atoms with Gasteiger partial charge in [0.15, 0.2) is 0 Å². The van der Waals surface area contributed by atoms with Gasteiger partial charge in [-0.15, -0.1) is 0 Å². The maximum absolute atomic E-state index is 11.6. The zero-order valence-corrected chi connectivity index (χ0v) is 11.7. The average molecular weight is 244 g/mol. The fourth-order valence-electron chi connectivity index (χ4n) is 1.52. The van der Waals surface area contributed by atoms with Gasteiger partial charge in [-0.2, -0.15) is 0 Å². The van der Waals surface area contributed by atoms with E-state index in [0.717, 1.165) is 25.7 Å². The quantitative estimate of drug-likeness (QED) is 0.500. The van der Waals surface area contributed by atoms with Crippen LogP contribution in [0.25, 0.3) is 0 Å². The summed E-state index contributed by atoms with van der Waals surface area (Å²) in [6.07, 6.45) is 4.09.